The molecule has 0 atom stereocenters. The van der Waals surface area contributed by atoms with E-state index in [-0.39, 0.29) is 9.39 Å². The van der Waals surface area contributed by atoms with E-state index >= 15 is 0 Å². The molecule has 146 valence electrons. The summed E-state index contributed by atoms with van der Waals surface area (Å²) < 4.78 is 39.2. The van der Waals surface area contributed by atoms with E-state index in [9.17, 15) is 8.78 Å². The summed E-state index contributed by atoms with van der Waals surface area (Å²) in [7, 11) is 3.19. The van der Waals surface area contributed by atoms with Gasteiger partial charge in [0.2, 0.25) is 5.95 Å². The second kappa shape index (κ2) is 9.18. The minimum absolute atomic E-state index is 0.0236. The molecule has 0 saturated heterocycles. The highest BCUT2D eigenvalue weighted by Gasteiger charge is 2.18. The van der Waals surface area contributed by atoms with Crippen molar-refractivity contribution in [2.75, 3.05) is 19.1 Å². The zero-order valence-corrected chi connectivity index (χ0v) is 17.6. The van der Waals surface area contributed by atoms with E-state index in [2.05, 4.69) is 4.98 Å². The third kappa shape index (κ3) is 4.89. The van der Waals surface area contributed by atoms with Crippen LogP contribution in [0.2, 0.25) is 0 Å². The molecule has 0 saturated carbocycles. The molecule has 7 heteroatoms. The largest absolute Gasteiger partial charge is 0.497 e. The Hall–Kier alpha value is -2.42. The summed E-state index contributed by atoms with van der Waals surface area (Å²) >= 11 is 1.73. The van der Waals surface area contributed by atoms with E-state index < -0.39 is 11.8 Å². The van der Waals surface area contributed by atoms with E-state index in [1.807, 2.05) is 48.5 Å². The molecular weight excluding hydrogens is 477 g/mol. The second-order valence-corrected chi connectivity index (χ2v) is 7.28. The lowest BCUT2D eigenvalue weighted by atomic mass is 10.1. The zero-order chi connectivity index (χ0) is 20.1. The van der Waals surface area contributed by atoms with Gasteiger partial charge in [-0.05, 0) is 64.0 Å². The summed E-state index contributed by atoms with van der Waals surface area (Å²) in [6, 6.07) is 16.0. The van der Waals surface area contributed by atoms with Gasteiger partial charge in [0.25, 0.3) is 0 Å². The maximum Gasteiger partial charge on any atom is 0.228 e. The van der Waals surface area contributed by atoms with Crippen molar-refractivity contribution in [3.8, 4) is 11.5 Å². The molecule has 0 bridgehead atoms. The van der Waals surface area contributed by atoms with Crippen molar-refractivity contribution in [2.45, 2.75) is 13.1 Å². The molecule has 3 rings (SSSR count). The van der Waals surface area contributed by atoms with Crippen molar-refractivity contribution < 1.29 is 18.3 Å². The first-order valence-electron chi connectivity index (χ1n) is 8.52. The fraction of sp³-hybridized carbons (Fsp3) is 0.190. The van der Waals surface area contributed by atoms with E-state index in [0.717, 1.165) is 28.7 Å². The SMILES string of the molecule is COc1ccc(CN(Cc2ccc(OC)cc2)c2nc(F)c(I)cc2F)cc1. The number of rotatable bonds is 7. The van der Waals surface area contributed by atoms with Crippen LogP contribution in [-0.2, 0) is 13.1 Å². The van der Waals surface area contributed by atoms with E-state index in [1.165, 1.54) is 0 Å². The topological polar surface area (TPSA) is 34.6 Å². The summed E-state index contributed by atoms with van der Waals surface area (Å²) in [6.07, 6.45) is 0. The molecule has 0 aliphatic heterocycles. The molecule has 2 aromatic carbocycles. The summed E-state index contributed by atoms with van der Waals surface area (Å²) in [5, 5.41) is 0. The van der Waals surface area contributed by atoms with Crippen molar-refractivity contribution in [3.05, 3.63) is 81.1 Å². The first kappa shape index (κ1) is 20.3. The average molecular weight is 496 g/mol. The predicted octanol–water partition coefficient (Wildman–Crippen LogP) is 5.19. The third-order valence-electron chi connectivity index (χ3n) is 4.23. The van der Waals surface area contributed by atoms with Crippen molar-refractivity contribution in [1.29, 1.82) is 0 Å². The Balaban J connectivity index is 1.93. The quantitative estimate of drug-likeness (QED) is 0.333. The lowest BCUT2D eigenvalue weighted by molar-refractivity contribution is 0.414. The van der Waals surface area contributed by atoms with Crippen LogP contribution >= 0.6 is 22.6 Å². The standard InChI is InChI=1S/C21H19F2IN2O2/c1-27-16-7-3-14(4-8-16)12-26(13-15-5-9-17(28-2)10-6-15)21-18(22)11-19(24)20(23)25-21/h3-11H,12-13H2,1-2H3. The second-order valence-electron chi connectivity index (χ2n) is 6.12. The molecule has 28 heavy (non-hydrogen) atoms. The highest BCUT2D eigenvalue weighted by Crippen LogP contribution is 2.25. The van der Waals surface area contributed by atoms with Gasteiger partial charge in [-0.25, -0.2) is 4.39 Å². The fourth-order valence-corrected chi connectivity index (χ4v) is 3.16. The number of hydrogen-bond donors (Lipinski definition) is 0. The van der Waals surface area contributed by atoms with Gasteiger partial charge in [-0.3, -0.25) is 0 Å². The van der Waals surface area contributed by atoms with Crippen LogP contribution in [0, 0.1) is 15.3 Å². The normalized spacial score (nSPS) is 10.6. The zero-order valence-electron chi connectivity index (χ0n) is 15.5. The van der Waals surface area contributed by atoms with Crippen LogP contribution in [0.3, 0.4) is 0 Å². The minimum Gasteiger partial charge on any atom is -0.497 e. The molecule has 0 fully saturated rings. The molecule has 1 heterocycles. The molecular formula is C21H19F2IN2O2. The van der Waals surface area contributed by atoms with Gasteiger partial charge in [-0.15, -0.1) is 0 Å². The van der Waals surface area contributed by atoms with Gasteiger partial charge < -0.3 is 14.4 Å². The molecule has 0 spiro atoms. The fourth-order valence-electron chi connectivity index (χ4n) is 2.77. The summed E-state index contributed by atoms with van der Waals surface area (Å²) in [6.45, 7) is 0.722. The summed E-state index contributed by atoms with van der Waals surface area (Å²) in [4.78, 5) is 5.57. The van der Waals surface area contributed by atoms with Gasteiger partial charge in [0.15, 0.2) is 11.6 Å². The summed E-state index contributed by atoms with van der Waals surface area (Å²) in [5.41, 5.74) is 1.85. The third-order valence-corrected chi connectivity index (χ3v) is 4.99. The number of pyridine rings is 1. The number of anilines is 1. The van der Waals surface area contributed by atoms with Gasteiger partial charge in [0, 0.05) is 13.1 Å². The molecule has 0 N–H and O–H groups in total. The lowest BCUT2D eigenvalue weighted by Crippen LogP contribution is -2.25. The molecule has 0 amide bonds. The van der Waals surface area contributed by atoms with E-state index in [4.69, 9.17) is 9.47 Å². The first-order valence-corrected chi connectivity index (χ1v) is 9.60. The van der Waals surface area contributed by atoms with Gasteiger partial charge in [-0.2, -0.15) is 9.37 Å². The molecule has 1 aromatic heterocycles. The van der Waals surface area contributed by atoms with Gasteiger partial charge >= 0.3 is 0 Å². The number of nitrogens with zero attached hydrogens (tertiary/aromatic N) is 2. The molecule has 0 radical (unpaired) electrons. The van der Waals surface area contributed by atoms with Crippen LogP contribution in [0.5, 0.6) is 11.5 Å². The Morgan fingerprint density at radius 1 is 0.857 bits per heavy atom. The van der Waals surface area contributed by atoms with E-state index in [1.54, 1.807) is 41.7 Å². The maximum atomic E-state index is 14.6. The Kier molecular flexibility index (Phi) is 6.66. The van der Waals surface area contributed by atoms with Crippen molar-refractivity contribution in [2.24, 2.45) is 0 Å². The number of halogens is 3. The van der Waals surface area contributed by atoms with Gasteiger partial charge in [0.1, 0.15) is 11.5 Å². The monoisotopic (exact) mass is 496 g/mol. The Labute approximate surface area is 176 Å². The Morgan fingerprint density at radius 3 is 1.75 bits per heavy atom. The lowest BCUT2D eigenvalue weighted by Gasteiger charge is -2.25. The molecule has 0 unspecified atom stereocenters. The molecule has 4 nitrogen and oxygen atoms in total. The molecule has 0 aliphatic carbocycles. The van der Waals surface area contributed by atoms with Crippen molar-refractivity contribution in [1.82, 2.24) is 4.98 Å². The maximum absolute atomic E-state index is 14.6. The number of methoxy groups -OCH3 is 2. The molecule has 0 aliphatic rings. The number of ether oxygens (including phenoxy) is 2. The van der Waals surface area contributed by atoms with Crippen LogP contribution in [0.4, 0.5) is 14.6 Å². The van der Waals surface area contributed by atoms with E-state index in [0.29, 0.717) is 13.1 Å². The van der Waals surface area contributed by atoms with Crippen molar-refractivity contribution in [3.63, 3.8) is 0 Å². The van der Waals surface area contributed by atoms with Crippen LogP contribution in [0.15, 0.2) is 54.6 Å². The van der Waals surface area contributed by atoms with Crippen LogP contribution in [0.25, 0.3) is 0 Å². The average Bonchev–Trinajstić information content (AvgIpc) is 2.71. The van der Waals surface area contributed by atoms with Crippen molar-refractivity contribution >= 4 is 28.4 Å². The van der Waals surface area contributed by atoms with Crippen LogP contribution in [-0.4, -0.2) is 19.2 Å². The number of aromatic nitrogens is 1. The number of hydrogen-bond acceptors (Lipinski definition) is 4. The number of benzene rings is 2. The van der Waals surface area contributed by atoms with Crippen LogP contribution in [0.1, 0.15) is 11.1 Å². The summed E-state index contributed by atoms with van der Waals surface area (Å²) in [5.74, 6) is 0.189. The minimum atomic E-state index is -0.688. The highest BCUT2D eigenvalue weighted by atomic mass is 127. The first-order chi connectivity index (χ1) is 13.5. The van der Waals surface area contributed by atoms with Crippen LogP contribution < -0.4 is 14.4 Å². The smallest absolute Gasteiger partial charge is 0.228 e. The Morgan fingerprint density at radius 2 is 1.32 bits per heavy atom. The van der Waals surface area contributed by atoms with Gasteiger partial charge in [-0.1, -0.05) is 24.3 Å². The predicted molar refractivity (Wildman–Crippen MR) is 113 cm³/mol. The highest BCUT2D eigenvalue weighted by molar-refractivity contribution is 14.1. The van der Waals surface area contributed by atoms with Gasteiger partial charge in [0.05, 0.1) is 17.8 Å². The molecule has 3 aromatic rings. The Bertz CT molecular complexity index is 885.